The summed E-state index contributed by atoms with van der Waals surface area (Å²) in [4.78, 5) is 10.4. The first-order valence-electron chi connectivity index (χ1n) is 7.08. The Morgan fingerprint density at radius 3 is 2.80 bits per heavy atom. The predicted molar refractivity (Wildman–Crippen MR) is 75.6 cm³/mol. The molecule has 0 radical (unpaired) electrons. The average molecular weight is 282 g/mol. The second-order valence-electron chi connectivity index (χ2n) is 5.72. The maximum atomic E-state index is 10.9. The van der Waals surface area contributed by atoms with Gasteiger partial charge in [-0.3, -0.25) is 14.8 Å². The molecule has 0 atom stereocenters. The van der Waals surface area contributed by atoms with Crippen LogP contribution in [0.5, 0.6) is 0 Å². The molecular formula is C13H22N4O3. The fourth-order valence-electron chi connectivity index (χ4n) is 2.78. The first-order valence-corrected chi connectivity index (χ1v) is 7.08. The monoisotopic (exact) mass is 282 g/mol. The van der Waals surface area contributed by atoms with Gasteiger partial charge >= 0.3 is 5.69 Å². The van der Waals surface area contributed by atoms with Crippen LogP contribution in [0.3, 0.4) is 0 Å². The van der Waals surface area contributed by atoms with Crippen molar-refractivity contribution in [3.8, 4) is 0 Å². The molecule has 1 aliphatic rings. The summed E-state index contributed by atoms with van der Waals surface area (Å²) in [6.45, 7) is 2.48. The van der Waals surface area contributed by atoms with Crippen molar-refractivity contribution in [2.45, 2.75) is 44.6 Å². The maximum Gasteiger partial charge on any atom is 0.330 e. The lowest BCUT2D eigenvalue weighted by molar-refractivity contribution is -0.384. The molecule has 2 rings (SSSR count). The van der Waals surface area contributed by atoms with Gasteiger partial charge in [-0.1, -0.05) is 13.3 Å². The number of nitrogens with zero attached hydrogens (tertiary/aromatic N) is 3. The summed E-state index contributed by atoms with van der Waals surface area (Å²) in [6, 6.07) is 0. The SMILES string of the molecule is CCC1CCC(O)(CNc2nn(C)cc2[N+](=O)[O-])CC1. The minimum atomic E-state index is -0.781. The summed E-state index contributed by atoms with van der Waals surface area (Å²) >= 11 is 0. The standard InChI is InChI=1S/C13H22N4O3/c1-3-10-4-6-13(18,7-5-10)9-14-12-11(17(19)20)8-16(2)15-12/h8,10,18H,3-7,9H2,1-2H3,(H,14,15). The van der Waals surface area contributed by atoms with Gasteiger partial charge in [0.25, 0.3) is 0 Å². The van der Waals surface area contributed by atoms with Gasteiger partial charge in [0.15, 0.2) is 0 Å². The highest BCUT2D eigenvalue weighted by atomic mass is 16.6. The van der Waals surface area contributed by atoms with E-state index in [1.54, 1.807) is 7.05 Å². The van der Waals surface area contributed by atoms with Crippen molar-refractivity contribution < 1.29 is 10.0 Å². The molecule has 1 saturated carbocycles. The third-order valence-electron chi connectivity index (χ3n) is 4.20. The summed E-state index contributed by atoms with van der Waals surface area (Å²) < 4.78 is 1.40. The van der Waals surface area contributed by atoms with Gasteiger partial charge in [0.1, 0.15) is 6.20 Å². The van der Waals surface area contributed by atoms with Crippen molar-refractivity contribution in [3.63, 3.8) is 0 Å². The molecule has 0 saturated heterocycles. The summed E-state index contributed by atoms with van der Waals surface area (Å²) in [5.74, 6) is 0.919. The molecule has 0 unspecified atom stereocenters. The van der Waals surface area contributed by atoms with E-state index in [1.807, 2.05) is 0 Å². The molecule has 1 aromatic rings. The van der Waals surface area contributed by atoms with Crippen molar-refractivity contribution in [2.24, 2.45) is 13.0 Å². The molecule has 0 bridgehead atoms. The van der Waals surface area contributed by atoms with Crippen molar-refractivity contribution >= 4 is 11.5 Å². The third-order valence-corrected chi connectivity index (χ3v) is 4.20. The van der Waals surface area contributed by atoms with Gasteiger partial charge in [-0.05, 0) is 31.6 Å². The van der Waals surface area contributed by atoms with Crippen LogP contribution in [0.1, 0.15) is 39.0 Å². The zero-order valence-electron chi connectivity index (χ0n) is 12.0. The molecule has 1 aromatic heterocycles. The number of nitro groups is 1. The Bertz CT molecular complexity index is 478. The van der Waals surface area contributed by atoms with Crippen LogP contribution in [0.15, 0.2) is 6.20 Å². The lowest BCUT2D eigenvalue weighted by atomic mass is 9.78. The van der Waals surface area contributed by atoms with E-state index in [2.05, 4.69) is 17.3 Å². The zero-order chi connectivity index (χ0) is 14.8. The molecular weight excluding hydrogens is 260 g/mol. The van der Waals surface area contributed by atoms with Crippen LogP contribution in [0.25, 0.3) is 0 Å². The highest BCUT2D eigenvalue weighted by molar-refractivity contribution is 5.54. The smallest absolute Gasteiger partial charge is 0.330 e. The third kappa shape index (κ3) is 3.27. The number of aromatic nitrogens is 2. The van der Waals surface area contributed by atoms with Crippen LogP contribution in [-0.2, 0) is 7.05 Å². The molecule has 1 fully saturated rings. The fraction of sp³-hybridized carbons (Fsp3) is 0.769. The molecule has 2 N–H and O–H groups in total. The quantitative estimate of drug-likeness (QED) is 0.637. The average Bonchev–Trinajstić information content (AvgIpc) is 2.79. The van der Waals surface area contributed by atoms with Gasteiger partial charge in [-0.25, -0.2) is 0 Å². The lowest BCUT2D eigenvalue weighted by Crippen LogP contribution is -2.40. The molecule has 0 aromatic carbocycles. The van der Waals surface area contributed by atoms with Crippen molar-refractivity contribution in [2.75, 3.05) is 11.9 Å². The summed E-state index contributed by atoms with van der Waals surface area (Å²) in [5.41, 5.74) is -0.838. The van der Waals surface area contributed by atoms with Crippen LogP contribution in [0.2, 0.25) is 0 Å². The second-order valence-corrected chi connectivity index (χ2v) is 5.72. The van der Waals surface area contributed by atoms with Gasteiger partial charge < -0.3 is 10.4 Å². The van der Waals surface area contributed by atoms with Crippen molar-refractivity contribution in [1.29, 1.82) is 0 Å². The Morgan fingerprint density at radius 1 is 1.60 bits per heavy atom. The molecule has 0 aliphatic heterocycles. The van der Waals surface area contributed by atoms with Gasteiger partial charge in [0.2, 0.25) is 5.82 Å². The molecule has 20 heavy (non-hydrogen) atoms. The zero-order valence-corrected chi connectivity index (χ0v) is 12.0. The Balaban J connectivity index is 1.97. The molecule has 1 aliphatic carbocycles. The summed E-state index contributed by atoms with van der Waals surface area (Å²) in [7, 11) is 1.64. The fourth-order valence-corrected chi connectivity index (χ4v) is 2.78. The number of hydrogen-bond acceptors (Lipinski definition) is 5. The Kier molecular flexibility index (Phi) is 4.27. The minimum absolute atomic E-state index is 0.0571. The van der Waals surface area contributed by atoms with E-state index >= 15 is 0 Å². The normalized spacial score (nSPS) is 26.4. The molecule has 7 nitrogen and oxygen atoms in total. The maximum absolute atomic E-state index is 10.9. The van der Waals surface area contributed by atoms with E-state index in [1.165, 1.54) is 10.9 Å². The Labute approximate surface area is 118 Å². The largest absolute Gasteiger partial charge is 0.388 e. The Hall–Kier alpha value is -1.63. The molecule has 7 heteroatoms. The van der Waals surface area contributed by atoms with E-state index in [9.17, 15) is 15.2 Å². The second kappa shape index (κ2) is 5.78. The van der Waals surface area contributed by atoms with Crippen LogP contribution in [-0.4, -0.2) is 32.0 Å². The van der Waals surface area contributed by atoms with Gasteiger partial charge in [0, 0.05) is 13.6 Å². The molecule has 0 amide bonds. The molecule has 1 heterocycles. The van der Waals surface area contributed by atoms with Crippen LogP contribution >= 0.6 is 0 Å². The summed E-state index contributed by atoms with van der Waals surface area (Å²) in [5, 5.41) is 28.4. The highest BCUT2D eigenvalue weighted by Crippen LogP contribution is 2.34. The van der Waals surface area contributed by atoms with Gasteiger partial charge in [-0.2, -0.15) is 0 Å². The number of rotatable bonds is 5. The number of anilines is 1. The van der Waals surface area contributed by atoms with Crippen molar-refractivity contribution in [1.82, 2.24) is 9.78 Å². The number of aliphatic hydroxyl groups is 1. The van der Waals surface area contributed by atoms with Crippen LogP contribution in [0.4, 0.5) is 11.5 Å². The number of nitrogens with one attached hydrogen (secondary N) is 1. The predicted octanol–water partition coefficient (Wildman–Crippen LogP) is 2.07. The van der Waals surface area contributed by atoms with E-state index in [4.69, 9.17) is 0 Å². The number of aryl methyl sites for hydroxylation is 1. The minimum Gasteiger partial charge on any atom is -0.388 e. The van der Waals surface area contributed by atoms with Crippen LogP contribution < -0.4 is 5.32 Å². The summed E-state index contributed by atoms with van der Waals surface area (Å²) in [6.07, 6.45) is 6.01. The molecule has 112 valence electrons. The Morgan fingerprint density at radius 2 is 2.25 bits per heavy atom. The lowest BCUT2D eigenvalue weighted by Gasteiger charge is -2.35. The van der Waals surface area contributed by atoms with E-state index in [0.29, 0.717) is 12.5 Å². The van der Waals surface area contributed by atoms with E-state index in [-0.39, 0.29) is 11.5 Å². The highest BCUT2D eigenvalue weighted by Gasteiger charge is 2.33. The number of hydrogen-bond donors (Lipinski definition) is 2. The molecule has 0 spiro atoms. The van der Waals surface area contributed by atoms with Crippen LogP contribution in [0, 0.1) is 16.0 Å². The first-order chi connectivity index (χ1) is 9.43. The van der Waals surface area contributed by atoms with E-state index in [0.717, 1.165) is 32.1 Å². The van der Waals surface area contributed by atoms with E-state index < -0.39 is 10.5 Å². The van der Waals surface area contributed by atoms with Gasteiger partial charge in [0.05, 0.1) is 10.5 Å². The van der Waals surface area contributed by atoms with Gasteiger partial charge in [-0.15, -0.1) is 5.10 Å². The first kappa shape index (κ1) is 14.8. The topological polar surface area (TPSA) is 93.2 Å². The van der Waals surface area contributed by atoms with Crippen molar-refractivity contribution in [3.05, 3.63) is 16.3 Å².